The standard InChI is InChI=1S/C9H8BrN/c10-8-4-1-5-9-7(8)3-2-6-11-9/h1,3-5H,2,6H2/p+1. The summed E-state index contributed by atoms with van der Waals surface area (Å²) in [6.07, 6.45) is 3.38. The minimum Gasteiger partial charge on any atom is -0.241 e. The van der Waals surface area contributed by atoms with Crippen LogP contribution in [0.4, 0.5) is 0 Å². The second kappa shape index (κ2) is 2.78. The van der Waals surface area contributed by atoms with Crippen LogP contribution in [0.5, 0.6) is 0 Å². The van der Waals surface area contributed by atoms with Crippen LogP contribution in [0.1, 0.15) is 6.42 Å². The van der Waals surface area contributed by atoms with Crippen molar-refractivity contribution >= 4 is 22.0 Å². The number of hydrogen-bond acceptors (Lipinski definition) is 0. The summed E-state index contributed by atoms with van der Waals surface area (Å²) in [4.78, 5) is 3.34. The molecule has 0 spiro atoms. The van der Waals surface area contributed by atoms with Crippen LogP contribution < -0.4 is 15.6 Å². The molecular formula is C9H9BrN+. The third-order valence-corrected chi connectivity index (χ3v) is 2.55. The molecule has 1 heterocycles. The zero-order valence-corrected chi connectivity index (χ0v) is 7.69. The van der Waals surface area contributed by atoms with Gasteiger partial charge in [0.05, 0.1) is 5.22 Å². The summed E-state index contributed by atoms with van der Waals surface area (Å²) in [5.74, 6) is 0. The summed E-state index contributed by atoms with van der Waals surface area (Å²) < 4.78 is 1.18. The maximum atomic E-state index is 3.51. The third-order valence-electron chi connectivity index (χ3n) is 1.86. The van der Waals surface area contributed by atoms with Gasteiger partial charge in [-0.05, 0) is 22.0 Å². The van der Waals surface area contributed by atoms with Crippen LogP contribution in [0.15, 0.2) is 22.7 Å². The van der Waals surface area contributed by atoms with Gasteiger partial charge in [-0.25, -0.2) is 4.99 Å². The largest absolute Gasteiger partial charge is 0.241 e. The molecule has 1 aromatic rings. The van der Waals surface area contributed by atoms with E-state index in [0.717, 1.165) is 13.0 Å². The molecule has 0 saturated carbocycles. The second-order valence-electron chi connectivity index (χ2n) is 2.62. The van der Waals surface area contributed by atoms with Gasteiger partial charge < -0.3 is 0 Å². The van der Waals surface area contributed by atoms with Gasteiger partial charge in [-0.15, -0.1) is 0 Å². The van der Waals surface area contributed by atoms with Crippen LogP contribution in [-0.2, 0) is 0 Å². The molecule has 1 aliphatic rings. The molecule has 0 saturated heterocycles. The lowest BCUT2D eigenvalue weighted by atomic mass is 10.2. The highest BCUT2D eigenvalue weighted by molar-refractivity contribution is 9.10. The van der Waals surface area contributed by atoms with Crippen molar-refractivity contribution in [1.29, 1.82) is 0 Å². The van der Waals surface area contributed by atoms with Crippen LogP contribution in [0.3, 0.4) is 0 Å². The monoisotopic (exact) mass is 210 g/mol. The van der Waals surface area contributed by atoms with Crippen molar-refractivity contribution in [2.45, 2.75) is 6.42 Å². The molecule has 0 aromatic heterocycles. The molecule has 2 heteroatoms. The molecule has 1 nitrogen and oxygen atoms in total. The van der Waals surface area contributed by atoms with Gasteiger partial charge in [-0.2, -0.15) is 0 Å². The van der Waals surface area contributed by atoms with E-state index in [4.69, 9.17) is 0 Å². The molecule has 0 bridgehead atoms. The van der Waals surface area contributed by atoms with Gasteiger partial charge in [0.25, 0.3) is 0 Å². The van der Waals surface area contributed by atoms with Crippen molar-refractivity contribution in [3.63, 3.8) is 0 Å². The van der Waals surface area contributed by atoms with Gasteiger partial charge in [-0.1, -0.05) is 12.1 Å². The molecule has 1 N–H and O–H groups in total. The van der Waals surface area contributed by atoms with Crippen LogP contribution >= 0.6 is 15.9 Å². The topological polar surface area (TPSA) is 14.0 Å². The second-order valence-corrected chi connectivity index (χ2v) is 3.47. The first-order chi connectivity index (χ1) is 5.38. The van der Waals surface area contributed by atoms with Crippen LogP contribution in [0.2, 0.25) is 0 Å². The van der Waals surface area contributed by atoms with Crippen LogP contribution in [-0.4, -0.2) is 6.54 Å². The minimum atomic E-state index is 1.06. The molecule has 1 aliphatic heterocycles. The molecule has 0 atom stereocenters. The number of benzene rings is 1. The molecule has 0 unspecified atom stereocenters. The van der Waals surface area contributed by atoms with E-state index >= 15 is 0 Å². The Morgan fingerprint density at radius 1 is 1.36 bits per heavy atom. The summed E-state index contributed by atoms with van der Waals surface area (Å²) in [7, 11) is 0. The fourth-order valence-electron chi connectivity index (χ4n) is 1.32. The smallest absolute Gasteiger partial charge is 0.206 e. The lowest BCUT2D eigenvalue weighted by molar-refractivity contribution is -0.501. The van der Waals surface area contributed by atoms with E-state index in [9.17, 15) is 0 Å². The van der Waals surface area contributed by atoms with Gasteiger partial charge in [0.1, 0.15) is 6.54 Å². The highest BCUT2D eigenvalue weighted by atomic mass is 79.9. The molecule has 0 fully saturated rings. The van der Waals surface area contributed by atoms with Crippen molar-refractivity contribution < 1.29 is 4.99 Å². The fourth-order valence-corrected chi connectivity index (χ4v) is 1.85. The first kappa shape index (κ1) is 7.04. The van der Waals surface area contributed by atoms with E-state index in [0.29, 0.717) is 0 Å². The average molecular weight is 211 g/mol. The van der Waals surface area contributed by atoms with Crippen molar-refractivity contribution in [3.8, 4) is 0 Å². The summed E-state index contributed by atoms with van der Waals surface area (Å²) >= 11 is 3.51. The molecule has 56 valence electrons. The Hall–Kier alpha value is -0.630. The molecule has 0 aliphatic carbocycles. The zero-order chi connectivity index (χ0) is 7.68. The Morgan fingerprint density at radius 3 is 3.09 bits per heavy atom. The first-order valence-electron chi connectivity index (χ1n) is 3.73. The van der Waals surface area contributed by atoms with E-state index < -0.39 is 0 Å². The Bertz CT molecular complexity index is 381. The Balaban J connectivity index is 2.88. The molecule has 0 radical (unpaired) electrons. The number of hydrogen-bond donors (Lipinski definition) is 1. The molecule has 2 rings (SSSR count). The maximum Gasteiger partial charge on any atom is 0.206 e. The molecular weight excluding hydrogens is 202 g/mol. The molecule has 0 amide bonds. The zero-order valence-electron chi connectivity index (χ0n) is 6.10. The number of halogens is 1. The Labute approximate surface area is 73.6 Å². The van der Waals surface area contributed by atoms with Gasteiger partial charge in [-0.3, -0.25) is 0 Å². The van der Waals surface area contributed by atoms with Crippen molar-refractivity contribution in [3.05, 3.63) is 33.2 Å². The van der Waals surface area contributed by atoms with E-state index in [-0.39, 0.29) is 0 Å². The predicted octanol–water partition coefficient (Wildman–Crippen LogP) is -0.667. The van der Waals surface area contributed by atoms with E-state index in [2.05, 4.69) is 45.2 Å². The van der Waals surface area contributed by atoms with Gasteiger partial charge in [0, 0.05) is 17.0 Å². The normalized spacial score (nSPS) is 14.6. The summed E-state index contributed by atoms with van der Waals surface area (Å²) in [5.41, 5.74) is 0. The fraction of sp³-hybridized carbons (Fsp3) is 0.222. The first-order valence-corrected chi connectivity index (χ1v) is 4.53. The lowest BCUT2D eigenvalue weighted by Crippen LogP contribution is -2.81. The summed E-state index contributed by atoms with van der Waals surface area (Å²) in [6.45, 7) is 1.06. The van der Waals surface area contributed by atoms with Crippen molar-refractivity contribution in [2.75, 3.05) is 6.54 Å². The van der Waals surface area contributed by atoms with Gasteiger partial charge in [0.15, 0.2) is 0 Å². The molecule has 1 aromatic carbocycles. The predicted molar refractivity (Wildman–Crippen MR) is 47.4 cm³/mol. The van der Waals surface area contributed by atoms with Crippen molar-refractivity contribution in [2.24, 2.45) is 0 Å². The maximum absolute atomic E-state index is 3.51. The summed E-state index contributed by atoms with van der Waals surface area (Å²) in [5, 5.41) is 2.55. The van der Waals surface area contributed by atoms with Gasteiger partial charge >= 0.3 is 0 Å². The van der Waals surface area contributed by atoms with Gasteiger partial charge in [0.2, 0.25) is 5.36 Å². The lowest BCUT2D eigenvalue weighted by Gasteiger charge is -1.95. The highest BCUT2D eigenvalue weighted by Gasteiger charge is 2.01. The molecule has 11 heavy (non-hydrogen) atoms. The minimum absolute atomic E-state index is 1.06. The van der Waals surface area contributed by atoms with Crippen LogP contribution in [0, 0.1) is 0 Å². The Kier molecular flexibility index (Phi) is 1.78. The SMILES string of the molecule is Brc1cccc2c1=CCC[NH+]=2. The third kappa shape index (κ3) is 1.23. The summed E-state index contributed by atoms with van der Waals surface area (Å²) in [6, 6.07) is 6.23. The van der Waals surface area contributed by atoms with E-state index in [1.54, 1.807) is 0 Å². The number of fused-ring (bicyclic) bond motifs is 1. The highest BCUT2D eigenvalue weighted by Crippen LogP contribution is 1.98. The van der Waals surface area contributed by atoms with Crippen LogP contribution in [0.25, 0.3) is 6.08 Å². The van der Waals surface area contributed by atoms with E-state index in [1.807, 2.05) is 0 Å². The van der Waals surface area contributed by atoms with E-state index in [1.165, 1.54) is 15.0 Å². The number of nitrogens with one attached hydrogen (secondary N) is 1. The van der Waals surface area contributed by atoms with Crippen molar-refractivity contribution in [1.82, 2.24) is 0 Å². The quantitative estimate of drug-likeness (QED) is 0.585. The Morgan fingerprint density at radius 2 is 2.27 bits per heavy atom. The number of rotatable bonds is 0. The average Bonchev–Trinajstić information content (AvgIpc) is 2.06.